The minimum Gasteiger partial charge on any atom is -0.464 e. The number of halogens is 1. The number of imidazole rings is 1. The molecule has 1 aromatic heterocycles. The summed E-state index contributed by atoms with van der Waals surface area (Å²) in [5.41, 5.74) is 6.84. The molecule has 0 fully saturated rings. The summed E-state index contributed by atoms with van der Waals surface area (Å²) in [5, 5.41) is 9.09. The number of nitrogen functional groups attached to an aromatic ring is 1. The number of benzene rings is 1. The summed E-state index contributed by atoms with van der Waals surface area (Å²) in [6.07, 6.45) is 1.38. The fourth-order valence-electron chi connectivity index (χ4n) is 1.60. The van der Waals surface area contributed by atoms with E-state index in [-0.39, 0.29) is 11.5 Å². The molecule has 19 heavy (non-hydrogen) atoms. The van der Waals surface area contributed by atoms with Crippen LogP contribution in [0.1, 0.15) is 16.1 Å². The van der Waals surface area contributed by atoms with E-state index in [0.29, 0.717) is 11.3 Å². The fraction of sp³-hybridized carbons (Fsp3) is 0.0833. The van der Waals surface area contributed by atoms with E-state index in [9.17, 15) is 4.79 Å². The van der Waals surface area contributed by atoms with Gasteiger partial charge in [-0.2, -0.15) is 5.26 Å². The lowest BCUT2D eigenvalue weighted by Crippen LogP contribution is -2.08. The van der Waals surface area contributed by atoms with Crippen LogP contribution >= 0.6 is 15.9 Å². The lowest BCUT2D eigenvalue weighted by molar-refractivity contribution is 0.0596. The number of hydrogen-bond donors (Lipinski definition) is 1. The monoisotopic (exact) mass is 320 g/mol. The van der Waals surface area contributed by atoms with Gasteiger partial charge in [0, 0.05) is 4.47 Å². The molecule has 0 bridgehead atoms. The largest absolute Gasteiger partial charge is 0.464 e. The van der Waals surface area contributed by atoms with Crippen molar-refractivity contribution in [2.75, 3.05) is 12.8 Å². The molecule has 0 saturated heterocycles. The molecule has 0 radical (unpaired) electrons. The minimum absolute atomic E-state index is 0.0198. The van der Waals surface area contributed by atoms with Crippen molar-refractivity contribution >= 4 is 27.7 Å². The van der Waals surface area contributed by atoms with Crippen molar-refractivity contribution in [3.05, 3.63) is 40.3 Å². The summed E-state index contributed by atoms with van der Waals surface area (Å²) in [6.45, 7) is 0. The van der Waals surface area contributed by atoms with E-state index in [1.165, 1.54) is 18.0 Å². The standard InChI is InChI=1S/C12H9BrN4O2/c1-19-12(18)10-11(15)17(6-16-10)9-4-8(13)3-2-7(9)5-14/h2-4,6H,15H2,1H3. The van der Waals surface area contributed by atoms with Crippen LogP contribution in [0, 0.1) is 11.3 Å². The van der Waals surface area contributed by atoms with Crippen molar-refractivity contribution in [2.45, 2.75) is 0 Å². The second kappa shape index (κ2) is 5.12. The van der Waals surface area contributed by atoms with Crippen molar-refractivity contribution in [1.29, 1.82) is 5.26 Å². The Labute approximate surface area is 117 Å². The van der Waals surface area contributed by atoms with E-state index < -0.39 is 5.97 Å². The van der Waals surface area contributed by atoms with Crippen LogP contribution in [0.25, 0.3) is 5.69 Å². The first-order chi connectivity index (χ1) is 9.08. The fourth-order valence-corrected chi connectivity index (χ4v) is 1.95. The van der Waals surface area contributed by atoms with E-state index >= 15 is 0 Å². The van der Waals surface area contributed by atoms with Crippen molar-refractivity contribution in [3.63, 3.8) is 0 Å². The number of nitrogens with two attached hydrogens (primary N) is 1. The molecule has 0 unspecified atom stereocenters. The Kier molecular flexibility index (Phi) is 3.53. The van der Waals surface area contributed by atoms with Gasteiger partial charge in [0.15, 0.2) is 5.69 Å². The number of methoxy groups -OCH3 is 1. The van der Waals surface area contributed by atoms with Crippen LogP contribution in [0.5, 0.6) is 0 Å². The third kappa shape index (κ3) is 2.30. The first-order valence-corrected chi connectivity index (χ1v) is 5.99. The molecule has 0 saturated carbocycles. The number of anilines is 1. The molecule has 1 aromatic carbocycles. The van der Waals surface area contributed by atoms with Crippen LogP contribution in [0.3, 0.4) is 0 Å². The Bertz CT molecular complexity index is 688. The Morgan fingerprint density at radius 2 is 2.32 bits per heavy atom. The summed E-state index contributed by atoms with van der Waals surface area (Å²) >= 11 is 3.32. The molecule has 7 heteroatoms. The predicted octanol–water partition coefficient (Wildman–Crippen LogP) is 1.88. The van der Waals surface area contributed by atoms with Gasteiger partial charge in [-0.3, -0.25) is 4.57 Å². The summed E-state index contributed by atoms with van der Waals surface area (Å²) in [7, 11) is 1.25. The highest BCUT2D eigenvalue weighted by Crippen LogP contribution is 2.24. The summed E-state index contributed by atoms with van der Waals surface area (Å²) in [5.74, 6) is -0.494. The van der Waals surface area contributed by atoms with Gasteiger partial charge in [-0.05, 0) is 18.2 Å². The molecule has 1 heterocycles. The molecule has 0 amide bonds. The van der Waals surface area contributed by atoms with Crippen LogP contribution in [0.15, 0.2) is 29.0 Å². The normalized spacial score (nSPS) is 9.95. The number of nitriles is 1. The highest BCUT2D eigenvalue weighted by atomic mass is 79.9. The van der Waals surface area contributed by atoms with Gasteiger partial charge in [-0.15, -0.1) is 0 Å². The van der Waals surface area contributed by atoms with Gasteiger partial charge in [0.25, 0.3) is 0 Å². The van der Waals surface area contributed by atoms with Gasteiger partial charge >= 0.3 is 5.97 Å². The van der Waals surface area contributed by atoms with Crippen molar-refractivity contribution in [2.24, 2.45) is 0 Å². The Hall–Kier alpha value is -2.33. The second-order valence-corrected chi connectivity index (χ2v) is 4.53. The molecule has 2 N–H and O–H groups in total. The number of nitrogens with zero attached hydrogens (tertiary/aromatic N) is 3. The SMILES string of the molecule is COC(=O)c1ncn(-c2cc(Br)ccc2C#N)c1N. The van der Waals surface area contributed by atoms with Gasteiger partial charge in [0.1, 0.15) is 18.2 Å². The average Bonchev–Trinajstić information content (AvgIpc) is 2.79. The van der Waals surface area contributed by atoms with Gasteiger partial charge in [0.05, 0.1) is 18.4 Å². The zero-order valence-corrected chi connectivity index (χ0v) is 11.5. The molecule has 2 rings (SSSR count). The molecule has 0 atom stereocenters. The van der Waals surface area contributed by atoms with Gasteiger partial charge in [-0.25, -0.2) is 9.78 Å². The Balaban J connectivity index is 2.61. The van der Waals surface area contributed by atoms with Crippen LogP contribution in [0.4, 0.5) is 5.82 Å². The third-order valence-corrected chi connectivity index (χ3v) is 3.02. The van der Waals surface area contributed by atoms with Crippen LogP contribution in [0.2, 0.25) is 0 Å². The topological polar surface area (TPSA) is 93.9 Å². The van der Waals surface area contributed by atoms with Crippen molar-refractivity contribution in [1.82, 2.24) is 9.55 Å². The first-order valence-electron chi connectivity index (χ1n) is 5.19. The van der Waals surface area contributed by atoms with Crippen molar-refractivity contribution < 1.29 is 9.53 Å². The van der Waals surface area contributed by atoms with Crippen LogP contribution in [-0.2, 0) is 4.74 Å². The third-order valence-electron chi connectivity index (χ3n) is 2.52. The molecule has 96 valence electrons. The maximum Gasteiger partial charge on any atom is 0.360 e. The minimum atomic E-state index is -0.621. The van der Waals surface area contributed by atoms with Gasteiger partial charge in [0.2, 0.25) is 0 Å². The number of esters is 1. The summed E-state index contributed by atoms with van der Waals surface area (Å²) in [4.78, 5) is 15.4. The lowest BCUT2D eigenvalue weighted by atomic mass is 10.2. The van der Waals surface area contributed by atoms with E-state index in [1.807, 2.05) is 0 Å². The first kappa shape index (κ1) is 13.1. The number of ether oxygens (including phenoxy) is 1. The van der Waals surface area contributed by atoms with Gasteiger partial charge < -0.3 is 10.5 Å². The zero-order chi connectivity index (χ0) is 14.0. The average molecular weight is 321 g/mol. The smallest absolute Gasteiger partial charge is 0.360 e. The maximum absolute atomic E-state index is 11.4. The molecule has 0 aliphatic rings. The lowest BCUT2D eigenvalue weighted by Gasteiger charge is -2.08. The highest BCUT2D eigenvalue weighted by molar-refractivity contribution is 9.10. The Morgan fingerprint density at radius 1 is 1.58 bits per heavy atom. The molecule has 2 aromatic rings. The van der Waals surface area contributed by atoms with Crippen LogP contribution < -0.4 is 5.73 Å². The molecular formula is C12H9BrN4O2. The number of rotatable bonds is 2. The molecular weight excluding hydrogens is 312 g/mol. The number of hydrogen-bond acceptors (Lipinski definition) is 5. The number of carbonyl (C=O) groups excluding carboxylic acids is 1. The van der Waals surface area contributed by atoms with E-state index in [0.717, 1.165) is 4.47 Å². The Morgan fingerprint density at radius 3 is 2.95 bits per heavy atom. The molecule has 0 spiro atoms. The van der Waals surface area contributed by atoms with Crippen LogP contribution in [-0.4, -0.2) is 22.6 Å². The summed E-state index contributed by atoms with van der Waals surface area (Å²) < 4.78 is 6.83. The maximum atomic E-state index is 11.4. The van der Waals surface area contributed by atoms with E-state index in [4.69, 9.17) is 11.0 Å². The molecule has 0 aliphatic heterocycles. The van der Waals surface area contributed by atoms with E-state index in [1.54, 1.807) is 18.2 Å². The molecule has 6 nitrogen and oxygen atoms in total. The predicted molar refractivity (Wildman–Crippen MR) is 71.7 cm³/mol. The number of aromatic nitrogens is 2. The van der Waals surface area contributed by atoms with E-state index in [2.05, 4.69) is 31.7 Å². The highest BCUT2D eigenvalue weighted by Gasteiger charge is 2.18. The van der Waals surface area contributed by atoms with Crippen molar-refractivity contribution in [3.8, 4) is 11.8 Å². The molecule has 0 aliphatic carbocycles. The number of carbonyl (C=O) groups is 1. The zero-order valence-electron chi connectivity index (χ0n) is 9.92. The van der Waals surface area contributed by atoms with Gasteiger partial charge in [-0.1, -0.05) is 15.9 Å². The summed E-state index contributed by atoms with van der Waals surface area (Å²) in [6, 6.07) is 7.18. The second-order valence-electron chi connectivity index (χ2n) is 3.61. The quantitative estimate of drug-likeness (QED) is 0.852.